The number of aliphatic carboxylic acids is 1. The standard InChI is InChI=1S/C13H23N3O3/c1-9(2)16(8-6-7-14)12(19)15-10(11(17)18)13(3,4)5/h9-10H,6,8H2,1-5H3,(H,15,19)(H,17,18)/t10-/m0/s1. The molecule has 0 aliphatic carbocycles. The van der Waals surface area contributed by atoms with E-state index in [4.69, 9.17) is 10.4 Å². The zero-order valence-electron chi connectivity index (χ0n) is 12.2. The van der Waals surface area contributed by atoms with Crippen LogP contribution < -0.4 is 5.32 Å². The molecule has 0 aromatic carbocycles. The van der Waals surface area contributed by atoms with Crippen LogP contribution in [0.4, 0.5) is 4.79 Å². The molecule has 108 valence electrons. The van der Waals surface area contributed by atoms with E-state index >= 15 is 0 Å². The second kappa shape index (κ2) is 6.98. The van der Waals surface area contributed by atoms with Crippen molar-refractivity contribution in [2.24, 2.45) is 5.41 Å². The lowest BCUT2D eigenvalue weighted by Gasteiger charge is -2.32. The minimum atomic E-state index is -1.06. The molecule has 0 saturated heterocycles. The molecule has 0 spiro atoms. The number of amides is 2. The van der Waals surface area contributed by atoms with Gasteiger partial charge < -0.3 is 15.3 Å². The first kappa shape index (κ1) is 17.2. The van der Waals surface area contributed by atoms with Gasteiger partial charge in [0.05, 0.1) is 12.5 Å². The highest BCUT2D eigenvalue weighted by molar-refractivity contribution is 5.83. The number of urea groups is 1. The third-order valence-corrected chi connectivity index (χ3v) is 2.73. The molecule has 1 atom stereocenters. The molecular formula is C13H23N3O3. The number of carboxylic acids is 1. The van der Waals surface area contributed by atoms with Crippen molar-refractivity contribution in [1.29, 1.82) is 5.26 Å². The maximum Gasteiger partial charge on any atom is 0.326 e. The van der Waals surface area contributed by atoms with Gasteiger partial charge in [0.1, 0.15) is 6.04 Å². The fraction of sp³-hybridized carbons (Fsp3) is 0.769. The molecule has 0 aliphatic rings. The molecule has 0 fully saturated rings. The van der Waals surface area contributed by atoms with E-state index < -0.39 is 23.5 Å². The van der Waals surface area contributed by atoms with E-state index in [1.807, 2.05) is 19.9 Å². The van der Waals surface area contributed by atoms with Gasteiger partial charge >= 0.3 is 12.0 Å². The van der Waals surface area contributed by atoms with Crippen LogP contribution in [-0.2, 0) is 4.79 Å². The second-order valence-corrected chi connectivity index (χ2v) is 5.78. The van der Waals surface area contributed by atoms with Gasteiger partial charge in [-0.2, -0.15) is 5.26 Å². The van der Waals surface area contributed by atoms with Gasteiger partial charge in [-0.25, -0.2) is 9.59 Å². The number of hydrogen-bond donors (Lipinski definition) is 2. The topological polar surface area (TPSA) is 93.4 Å². The molecule has 0 heterocycles. The van der Waals surface area contributed by atoms with Crippen molar-refractivity contribution in [2.45, 2.75) is 53.1 Å². The minimum absolute atomic E-state index is 0.0947. The van der Waals surface area contributed by atoms with Gasteiger partial charge in [0.25, 0.3) is 0 Å². The normalized spacial score (nSPS) is 12.7. The maximum absolute atomic E-state index is 12.1. The average molecular weight is 269 g/mol. The molecule has 19 heavy (non-hydrogen) atoms. The third kappa shape index (κ3) is 5.60. The van der Waals surface area contributed by atoms with Gasteiger partial charge in [-0.1, -0.05) is 20.8 Å². The van der Waals surface area contributed by atoms with Crippen LogP contribution in [0.25, 0.3) is 0 Å². The highest BCUT2D eigenvalue weighted by atomic mass is 16.4. The van der Waals surface area contributed by atoms with E-state index in [1.165, 1.54) is 4.90 Å². The molecule has 6 nitrogen and oxygen atoms in total. The lowest BCUT2D eigenvalue weighted by molar-refractivity contribution is -0.142. The molecule has 2 N–H and O–H groups in total. The summed E-state index contributed by atoms with van der Waals surface area (Å²) in [4.78, 5) is 24.8. The molecule has 2 amide bonds. The lowest BCUT2D eigenvalue weighted by Crippen LogP contribution is -2.54. The van der Waals surface area contributed by atoms with Crippen LogP contribution in [0.5, 0.6) is 0 Å². The molecule has 0 unspecified atom stereocenters. The summed E-state index contributed by atoms with van der Waals surface area (Å²) in [5, 5.41) is 20.3. The molecule has 0 saturated carbocycles. The number of nitrogens with one attached hydrogen (secondary N) is 1. The van der Waals surface area contributed by atoms with E-state index in [9.17, 15) is 9.59 Å². The highest BCUT2D eigenvalue weighted by Gasteiger charge is 2.34. The molecule has 0 bridgehead atoms. The van der Waals surface area contributed by atoms with Crippen molar-refractivity contribution < 1.29 is 14.7 Å². The first-order chi connectivity index (χ1) is 8.61. The van der Waals surface area contributed by atoms with Crippen molar-refractivity contribution in [3.63, 3.8) is 0 Å². The number of nitriles is 1. The SMILES string of the molecule is CC(C)N(CCC#N)C(=O)N[C@@H](C(=O)O)C(C)(C)C. The first-order valence-electron chi connectivity index (χ1n) is 6.28. The molecule has 6 heteroatoms. The average Bonchev–Trinajstić information content (AvgIpc) is 2.23. The second-order valence-electron chi connectivity index (χ2n) is 5.78. The number of carbonyl (C=O) groups excluding carboxylic acids is 1. The van der Waals surface area contributed by atoms with Crippen LogP contribution in [-0.4, -0.2) is 40.6 Å². The van der Waals surface area contributed by atoms with E-state index in [-0.39, 0.29) is 19.0 Å². The Bertz CT molecular complexity index is 366. The number of hydrogen-bond acceptors (Lipinski definition) is 3. The highest BCUT2D eigenvalue weighted by Crippen LogP contribution is 2.19. The predicted molar refractivity (Wildman–Crippen MR) is 71.5 cm³/mol. The van der Waals surface area contributed by atoms with E-state index in [1.54, 1.807) is 20.8 Å². The number of nitrogens with zero attached hydrogens (tertiary/aromatic N) is 2. The summed E-state index contributed by atoms with van der Waals surface area (Å²) in [6.07, 6.45) is 0.221. The minimum Gasteiger partial charge on any atom is -0.480 e. The van der Waals surface area contributed by atoms with Crippen molar-refractivity contribution in [1.82, 2.24) is 10.2 Å². The summed E-state index contributed by atoms with van der Waals surface area (Å²) in [5.74, 6) is -1.06. The molecule has 0 radical (unpaired) electrons. The quantitative estimate of drug-likeness (QED) is 0.796. The molecule has 0 aromatic heterocycles. The lowest BCUT2D eigenvalue weighted by atomic mass is 9.87. The summed E-state index contributed by atoms with van der Waals surface area (Å²) in [6.45, 7) is 9.19. The molecular weight excluding hydrogens is 246 g/mol. The number of carboxylic acid groups (broad SMARTS) is 1. The van der Waals surface area contributed by atoms with Gasteiger partial charge in [-0.3, -0.25) is 0 Å². The maximum atomic E-state index is 12.1. The zero-order valence-corrected chi connectivity index (χ0v) is 12.2. The largest absolute Gasteiger partial charge is 0.480 e. The van der Waals surface area contributed by atoms with Gasteiger partial charge in [-0.05, 0) is 19.3 Å². The first-order valence-corrected chi connectivity index (χ1v) is 6.28. The van der Waals surface area contributed by atoms with Crippen LogP contribution in [0, 0.1) is 16.7 Å². The number of rotatable bonds is 5. The van der Waals surface area contributed by atoms with Crippen molar-refractivity contribution in [3.8, 4) is 6.07 Å². The van der Waals surface area contributed by atoms with Crippen molar-refractivity contribution >= 4 is 12.0 Å². The van der Waals surface area contributed by atoms with Crippen LogP contribution in [0.2, 0.25) is 0 Å². The fourth-order valence-electron chi connectivity index (χ4n) is 1.62. The Hall–Kier alpha value is -1.77. The molecule has 0 rings (SSSR count). The Kier molecular flexibility index (Phi) is 6.33. The van der Waals surface area contributed by atoms with Gasteiger partial charge in [-0.15, -0.1) is 0 Å². The number of carbonyl (C=O) groups is 2. The van der Waals surface area contributed by atoms with Gasteiger partial charge in [0.2, 0.25) is 0 Å². The summed E-state index contributed by atoms with van der Waals surface area (Å²) >= 11 is 0. The monoisotopic (exact) mass is 269 g/mol. The Labute approximate surface area is 114 Å². The van der Waals surface area contributed by atoms with Crippen LogP contribution in [0.15, 0.2) is 0 Å². The fourth-order valence-corrected chi connectivity index (χ4v) is 1.62. The smallest absolute Gasteiger partial charge is 0.326 e. The Morgan fingerprint density at radius 1 is 1.37 bits per heavy atom. The summed E-state index contributed by atoms with van der Waals surface area (Å²) in [7, 11) is 0. The third-order valence-electron chi connectivity index (χ3n) is 2.73. The van der Waals surface area contributed by atoms with Gasteiger partial charge in [0.15, 0.2) is 0 Å². The van der Waals surface area contributed by atoms with E-state index in [2.05, 4.69) is 5.32 Å². The summed E-state index contributed by atoms with van der Waals surface area (Å²) in [5.41, 5.74) is -0.584. The Balaban J connectivity index is 4.87. The van der Waals surface area contributed by atoms with Crippen LogP contribution in [0.1, 0.15) is 41.0 Å². The van der Waals surface area contributed by atoms with Gasteiger partial charge in [0, 0.05) is 12.6 Å². The van der Waals surface area contributed by atoms with Crippen molar-refractivity contribution in [2.75, 3.05) is 6.54 Å². The summed E-state index contributed by atoms with van der Waals surface area (Å²) < 4.78 is 0. The molecule has 0 aromatic rings. The van der Waals surface area contributed by atoms with E-state index in [0.29, 0.717) is 0 Å². The van der Waals surface area contributed by atoms with Crippen LogP contribution >= 0.6 is 0 Å². The summed E-state index contributed by atoms with van der Waals surface area (Å²) in [6, 6.07) is 0.461. The zero-order chi connectivity index (χ0) is 15.2. The van der Waals surface area contributed by atoms with E-state index in [0.717, 1.165) is 0 Å². The van der Waals surface area contributed by atoms with Crippen molar-refractivity contribution in [3.05, 3.63) is 0 Å². The Morgan fingerprint density at radius 2 is 1.89 bits per heavy atom. The molecule has 0 aliphatic heterocycles. The predicted octanol–water partition coefficient (Wildman–Crippen LogP) is 1.82. The van der Waals surface area contributed by atoms with Crippen LogP contribution in [0.3, 0.4) is 0 Å². The Morgan fingerprint density at radius 3 is 2.21 bits per heavy atom.